The molecule has 2 aromatic heterocycles. The Balaban J connectivity index is 1.46. The van der Waals surface area contributed by atoms with Gasteiger partial charge in [0.1, 0.15) is 11.6 Å². The molecule has 3 rings (SSSR count). The van der Waals surface area contributed by atoms with Crippen molar-refractivity contribution in [1.82, 2.24) is 24.6 Å². The van der Waals surface area contributed by atoms with Gasteiger partial charge in [0.15, 0.2) is 5.78 Å². The van der Waals surface area contributed by atoms with Gasteiger partial charge in [-0.15, -0.1) is 0 Å². The zero-order chi connectivity index (χ0) is 21.8. The van der Waals surface area contributed by atoms with E-state index in [2.05, 4.69) is 15.1 Å². The van der Waals surface area contributed by atoms with Crippen LogP contribution in [0.2, 0.25) is 0 Å². The van der Waals surface area contributed by atoms with Gasteiger partial charge in [-0.2, -0.15) is 5.10 Å². The molecule has 1 atom stereocenters. The van der Waals surface area contributed by atoms with Crippen LogP contribution in [0.15, 0.2) is 12.4 Å². The Hall–Kier alpha value is -2.77. The number of aryl methyl sites for hydroxylation is 3. The van der Waals surface area contributed by atoms with E-state index in [1.54, 1.807) is 24.1 Å². The van der Waals surface area contributed by atoms with Gasteiger partial charge in [0.2, 0.25) is 5.91 Å². The summed E-state index contributed by atoms with van der Waals surface area (Å²) in [5.74, 6) is 1.56. The third kappa shape index (κ3) is 5.23. The van der Waals surface area contributed by atoms with Crippen LogP contribution in [-0.4, -0.2) is 49.4 Å². The average molecular weight is 413 g/mol. The maximum atomic E-state index is 12.8. The highest BCUT2D eigenvalue weighted by molar-refractivity contribution is 5.98. The van der Waals surface area contributed by atoms with Crippen molar-refractivity contribution in [2.24, 2.45) is 18.9 Å². The molecule has 1 aliphatic heterocycles. The van der Waals surface area contributed by atoms with Crippen LogP contribution >= 0.6 is 0 Å². The second-order valence-corrected chi connectivity index (χ2v) is 8.46. The van der Waals surface area contributed by atoms with Crippen LogP contribution in [0.25, 0.3) is 0 Å². The normalized spacial score (nSPS) is 15.9. The summed E-state index contributed by atoms with van der Waals surface area (Å²) in [6, 6.07) is 0. The first-order valence-electron chi connectivity index (χ1n) is 10.6. The zero-order valence-electron chi connectivity index (χ0n) is 18.4. The molecule has 3 heterocycles. The van der Waals surface area contributed by atoms with Crippen molar-refractivity contribution < 1.29 is 9.59 Å². The standard InChI is InChI=1S/C22H32N6O2/c1-14(11-20(29)18-12-24-27(4)13-18)22(30)28-9-7-17(8-10-28)5-6-19-15(2)25-16(3)26-21(19)23/h12-14,17H,5-11H2,1-4H3,(H2,23,25,26)/t14-/m1/s1. The van der Waals surface area contributed by atoms with Crippen LogP contribution in [0.3, 0.4) is 0 Å². The van der Waals surface area contributed by atoms with E-state index >= 15 is 0 Å². The molecule has 0 unspecified atom stereocenters. The summed E-state index contributed by atoms with van der Waals surface area (Å²) in [6.07, 6.45) is 7.30. The maximum absolute atomic E-state index is 12.8. The number of carbonyl (C=O) groups is 2. The molecular weight excluding hydrogens is 380 g/mol. The Morgan fingerprint density at radius 1 is 1.23 bits per heavy atom. The second kappa shape index (κ2) is 9.36. The van der Waals surface area contributed by atoms with Crippen molar-refractivity contribution in [3.05, 3.63) is 35.0 Å². The predicted octanol–water partition coefficient (Wildman–Crippen LogP) is 2.49. The van der Waals surface area contributed by atoms with E-state index in [4.69, 9.17) is 5.73 Å². The Kier molecular flexibility index (Phi) is 6.84. The van der Waals surface area contributed by atoms with Crippen LogP contribution in [0, 0.1) is 25.7 Å². The number of rotatable bonds is 7. The minimum atomic E-state index is -0.318. The first kappa shape index (κ1) is 21.9. The smallest absolute Gasteiger partial charge is 0.225 e. The molecule has 1 aliphatic rings. The Morgan fingerprint density at radius 2 is 1.93 bits per heavy atom. The molecule has 1 saturated heterocycles. The second-order valence-electron chi connectivity index (χ2n) is 8.46. The van der Waals surface area contributed by atoms with Crippen molar-refractivity contribution in [1.29, 1.82) is 0 Å². The number of anilines is 1. The van der Waals surface area contributed by atoms with E-state index in [1.807, 2.05) is 25.7 Å². The highest BCUT2D eigenvalue weighted by atomic mass is 16.2. The molecule has 2 aromatic rings. The zero-order valence-corrected chi connectivity index (χ0v) is 18.4. The highest BCUT2D eigenvalue weighted by Gasteiger charge is 2.27. The van der Waals surface area contributed by atoms with Crippen molar-refractivity contribution >= 4 is 17.5 Å². The molecule has 0 aliphatic carbocycles. The van der Waals surface area contributed by atoms with Crippen LogP contribution in [0.4, 0.5) is 5.82 Å². The largest absolute Gasteiger partial charge is 0.383 e. The van der Waals surface area contributed by atoms with E-state index in [0.717, 1.165) is 50.0 Å². The molecule has 8 heteroatoms. The SMILES string of the molecule is Cc1nc(C)c(CCC2CCN(C(=O)[C@H](C)CC(=O)c3cnn(C)c3)CC2)c(N)n1. The summed E-state index contributed by atoms with van der Waals surface area (Å²) >= 11 is 0. The summed E-state index contributed by atoms with van der Waals surface area (Å²) in [6.45, 7) is 7.16. The van der Waals surface area contributed by atoms with Gasteiger partial charge in [0.05, 0.1) is 11.8 Å². The molecule has 0 spiro atoms. The number of likely N-dealkylation sites (tertiary alicyclic amines) is 1. The number of ketones is 1. The molecule has 0 radical (unpaired) electrons. The summed E-state index contributed by atoms with van der Waals surface area (Å²) < 4.78 is 1.60. The van der Waals surface area contributed by atoms with Crippen molar-refractivity contribution in [2.45, 2.75) is 52.9 Å². The fourth-order valence-corrected chi connectivity index (χ4v) is 4.22. The van der Waals surface area contributed by atoms with Crippen LogP contribution in [0.1, 0.15) is 60.0 Å². The van der Waals surface area contributed by atoms with Gasteiger partial charge < -0.3 is 10.6 Å². The molecule has 162 valence electrons. The Labute approximate surface area is 177 Å². The molecule has 0 bridgehead atoms. The number of nitrogens with zero attached hydrogens (tertiary/aromatic N) is 5. The van der Waals surface area contributed by atoms with Crippen LogP contribution < -0.4 is 5.73 Å². The summed E-state index contributed by atoms with van der Waals surface area (Å²) in [5, 5.41) is 4.03. The lowest BCUT2D eigenvalue weighted by molar-refractivity contribution is -0.136. The summed E-state index contributed by atoms with van der Waals surface area (Å²) in [7, 11) is 1.77. The minimum absolute atomic E-state index is 0.0351. The van der Waals surface area contributed by atoms with Crippen LogP contribution in [-0.2, 0) is 18.3 Å². The van der Waals surface area contributed by atoms with E-state index in [-0.39, 0.29) is 24.0 Å². The van der Waals surface area contributed by atoms with Crippen molar-refractivity contribution in [3.63, 3.8) is 0 Å². The number of hydrogen-bond acceptors (Lipinski definition) is 6. The maximum Gasteiger partial charge on any atom is 0.225 e. The number of carbonyl (C=O) groups excluding carboxylic acids is 2. The van der Waals surface area contributed by atoms with Gasteiger partial charge in [-0.1, -0.05) is 6.92 Å². The van der Waals surface area contributed by atoms with Gasteiger partial charge in [-0.05, 0) is 45.4 Å². The number of nitrogens with two attached hydrogens (primary N) is 1. The molecule has 0 saturated carbocycles. The molecule has 0 aromatic carbocycles. The lowest BCUT2D eigenvalue weighted by atomic mass is 9.89. The summed E-state index contributed by atoms with van der Waals surface area (Å²) in [5.41, 5.74) is 8.64. The number of aromatic nitrogens is 4. The molecule has 30 heavy (non-hydrogen) atoms. The monoisotopic (exact) mass is 412 g/mol. The minimum Gasteiger partial charge on any atom is -0.383 e. The number of Topliss-reactive ketones (excluding diaryl/α,β-unsaturated/α-hetero) is 1. The first-order chi connectivity index (χ1) is 14.2. The van der Waals surface area contributed by atoms with Gasteiger partial charge >= 0.3 is 0 Å². The van der Waals surface area contributed by atoms with Crippen molar-refractivity contribution in [2.75, 3.05) is 18.8 Å². The lowest BCUT2D eigenvalue weighted by Crippen LogP contribution is -2.41. The fraction of sp³-hybridized carbons (Fsp3) is 0.591. The molecular formula is C22H32N6O2. The van der Waals surface area contributed by atoms with Gasteiger partial charge in [-0.3, -0.25) is 14.3 Å². The quantitative estimate of drug-likeness (QED) is 0.700. The number of amides is 1. The molecule has 1 amide bonds. The first-order valence-corrected chi connectivity index (χ1v) is 10.6. The number of piperidine rings is 1. The van der Waals surface area contributed by atoms with Crippen LogP contribution in [0.5, 0.6) is 0 Å². The topological polar surface area (TPSA) is 107 Å². The van der Waals surface area contributed by atoms with Gasteiger partial charge in [0.25, 0.3) is 0 Å². The van der Waals surface area contributed by atoms with E-state index < -0.39 is 0 Å². The third-order valence-corrected chi connectivity index (χ3v) is 6.03. The molecule has 2 N–H and O–H groups in total. The third-order valence-electron chi connectivity index (χ3n) is 6.03. The Bertz CT molecular complexity index is 891. The van der Waals surface area contributed by atoms with E-state index in [0.29, 0.717) is 23.1 Å². The van der Waals surface area contributed by atoms with Crippen molar-refractivity contribution in [3.8, 4) is 0 Å². The number of hydrogen-bond donors (Lipinski definition) is 1. The van der Waals surface area contributed by atoms with E-state index in [1.165, 1.54) is 0 Å². The predicted molar refractivity (Wildman–Crippen MR) is 115 cm³/mol. The summed E-state index contributed by atoms with van der Waals surface area (Å²) in [4.78, 5) is 35.8. The van der Waals surface area contributed by atoms with Gasteiger partial charge in [0, 0.05) is 49.9 Å². The number of nitrogen functional groups attached to an aromatic ring is 1. The van der Waals surface area contributed by atoms with Gasteiger partial charge in [-0.25, -0.2) is 9.97 Å². The molecule has 8 nitrogen and oxygen atoms in total. The fourth-order valence-electron chi connectivity index (χ4n) is 4.22. The average Bonchev–Trinajstić information content (AvgIpc) is 3.13. The Morgan fingerprint density at radius 3 is 2.53 bits per heavy atom. The van der Waals surface area contributed by atoms with E-state index in [9.17, 15) is 9.59 Å². The lowest BCUT2D eigenvalue weighted by Gasteiger charge is -2.33. The highest BCUT2D eigenvalue weighted by Crippen LogP contribution is 2.26. The molecule has 1 fully saturated rings.